The van der Waals surface area contributed by atoms with Crippen LogP contribution in [-0.4, -0.2) is 52.9 Å². The number of aryl methyl sites for hydroxylation is 2. The van der Waals surface area contributed by atoms with Gasteiger partial charge in [0.1, 0.15) is 5.82 Å². The number of piperazine rings is 1. The Morgan fingerprint density at radius 1 is 1.00 bits per heavy atom. The molecule has 0 aliphatic carbocycles. The van der Waals surface area contributed by atoms with Crippen LogP contribution in [0.4, 0.5) is 10.6 Å². The van der Waals surface area contributed by atoms with E-state index in [0.29, 0.717) is 45.1 Å². The van der Waals surface area contributed by atoms with Gasteiger partial charge in [0, 0.05) is 39.3 Å². The zero-order valence-electron chi connectivity index (χ0n) is 17.5. The summed E-state index contributed by atoms with van der Waals surface area (Å²) in [5.74, 6) is 0.584. The van der Waals surface area contributed by atoms with Crippen molar-refractivity contribution in [2.75, 3.05) is 37.7 Å². The molecule has 0 bridgehead atoms. The average molecular weight is 400 g/mol. The van der Waals surface area contributed by atoms with Crippen LogP contribution in [0.25, 0.3) is 0 Å². The second-order valence-electron chi connectivity index (χ2n) is 7.44. The van der Waals surface area contributed by atoms with Gasteiger partial charge in [0.25, 0.3) is 5.56 Å². The molecule has 0 unspecified atom stereocenters. The van der Waals surface area contributed by atoms with E-state index in [1.165, 1.54) is 13.1 Å². The molecule has 1 aromatic carbocycles. The Morgan fingerprint density at radius 2 is 1.62 bits per heavy atom. The lowest BCUT2D eigenvalue weighted by Crippen LogP contribution is -2.51. The molecule has 156 valence electrons. The van der Waals surface area contributed by atoms with E-state index in [0.717, 1.165) is 21.3 Å². The van der Waals surface area contributed by atoms with Gasteiger partial charge in [-0.2, -0.15) is 0 Å². The predicted molar refractivity (Wildman–Crippen MR) is 112 cm³/mol. The van der Waals surface area contributed by atoms with Gasteiger partial charge in [-0.3, -0.25) is 13.9 Å². The lowest BCUT2D eigenvalue weighted by atomic mass is 10.1. The summed E-state index contributed by atoms with van der Waals surface area (Å²) in [6.07, 6.45) is -0.330. The van der Waals surface area contributed by atoms with Crippen molar-refractivity contribution in [2.45, 2.75) is 27.3 Å². The number of benzene rings is 1. The van der Waals surface area contributed by atoms with Crippen molar-refractivity contribution in [3.8, 4) is 0 Å². The lowest BCUT2D eigenvalue weighted by Gasteiger charge is -2.36. The molecule has 2 heterocycles. The van der Waals surface area contributed by atoms with E-state index in [1.54, 1.807) is 16.4 Å². The number of nitrogens with zero attached hydrogens (tertiary/aromatic N) is 4. The van der Waals surface area contributed by atoms with Crippen molar-refractivity contribution >= 4 is 11.9 Å². The minimum absolute atomic E-state index is 0.330. The molecular formula is C21H28N4O4. The standard InChI is InChI=1S/C21H28N4O4/c1-5-29-21(28)24-8-6-23(7-9-24)18-13-19(26)22(4)20(27)25(18)14-17-11-15(2)10-16(3)12-17/h10-13H,5-9,14H2,1-4H3. The van der Waals surface area contributed by atoms with E-state index >= 15 is 0 Å². The van der Waals surface area contributed by atoms with Crippen molar-refractivity contribution in [2.24, 2.45) is 7.05 Å². The fourth-order valence-electron chi connectivity index (χ4n) is 3.74. The van der Waals surface area contributed by atoms with Crippen LogP contribution in [0, 0.1) is 13.8 Å². The van der Waals surface area contributed by atoms with E-state index in [4.69, 9.17) is 4.74 Å². The molecule has 0 N–H and O–H groups in total. The van der Waals surface area contributed by atoms with Crippen molar-refractivity contribution in [1.29, 1.82) is 0 Å². The summed E-state index contributed by atoms with van der Waals surface area (Å²) in [4.78, 5) is 40.8. The van der Waals surface area contributed by atoms with E-state index in [1.807, 2.05) is 30.9 Å². The van der Waals surface area contributed by atoms with Crippen molar-refractivity contribution < 1.29 is 9.53 Å². The summed E-state index contributed by atoms with van der Waals surface area (Å²) < 4.78 is 7.82. The van der Waals surface area contributed by atoms with Crippen LogP contribution in [0.1, 0.15) is 23.6 Å². The van der Waals surface area contributed by atoms with Crippen LogP contribution in [0.5, 0.6) is 0 Å². The maximum atomic E-state index is 12.9. The Kier molecular flexibility index (Phi) is 6.10. The normalized spacial score (nSPS) is 14.2. The second-order valence-corrected chi connectivity index (χ2v) is 7.44. The van der Waals surface area contributed by atoms with Crippen LogP contribution in [-0.2, 0) is 18.3 Å². The molecule has 1 aromatic heterocycles. The van der Waals surface area contributed by atoms with Gasteiger partial charge >= 0.3 is 11.8 Å². The molecule has 29 heavy (non-hydrogen) atoms. The summed E-state index contributed by atoms with van der Waals surface area (Å²) in [5, 5.41) is 0. The molecule has 3 rings (SSSR count). The van der Waals surface area contributed by atoms with Crippen LogP contribution in [0.3, 0.4) is 0 Å². The molecule has 8 heteroatoms. The van der Waals surface area contributed by atoms with Crippen LogP contribution in [0.2, 0.25) is 0 Å². The summed E-state index contributed by atoms with van der Waals surface area (Å²) in [6, 6.07) is 7.69. The molecule has 0 spiro atoms. The Hall–Kier alpha value is -3.03. The number of hydrogen-bond donors (Lipinski definition) is 0. The molecule has 1 saturated heterocycles. The monoisotopic (exact) mass is 400 g/mol. The molecular weight excluding hydrogens is 372 g/mol. The van der Waals surface area contributed by atoms with Crippen molar-refractivity contribution in [3.63, 3.8) is 0 Å². The Labute approximate surface area is 169 Å². The largest absolute Gasteiger partial charge is 0.450 e. The van der Waals surface area contributed by atoms with Crippen molar-refractivity contribution in [1.82, 2.24) is 14.0 Å². The summed E-state index contributed by atoms with van der Waals surface area (Å²) in [7, 11) is 1.49. The number of carbonyl (C=O) groups excluding carboxylic acids is 1. The number of aromatic nitrogens is 2. The highest BCUT2D eigenvalue weighted by molar-refractivity contribution is 5.68. The highest BCUT2D eigenvalue weighted by atomic mass is 16.6. The van der Waals surface area contributed by atoms with Crippen LogP contribution < -0.4 is 16.1 Å². The summed E-state index contributed by atoms with van der Waals surface area (Å²) in [5.41, 5.74) is 2.58. The van der Waals surface area contributed by atoms with Gasteiger partial charge < -0.3 is 14.5 Å². The SMILES string of the molecule is CCOC(=O)N1CCN(c2cc(=O)n(C)c(=O)n2Cc2cc(C)cc(C)c2)CC1. The zero-order chi connectivity index (χ0) is 21.1. The highest BCUT2D eigenvalue weighted by Gasteiger charge is 2.24. The first-order valence-corrected chi connectivity index (χ1v) is 9.85. The van der Waals surface area contributed by atoms with Crippen LogP contribution in [0.15, 0.2) is 33.9 Å². The Morgan fingerprint density at radius 3 is 2.21 bits per heavy atom. The van der Waals surface area contributed by atoms with E-state index in [2.05, 4.69) is 6.07 Å². The molecule has 0 saturated carbocycles. The first-order valence-electron chi connectivity index (χ1n) is 9.85. The van der Waals surface area contributed by atoms with Gasteiger partial charge in [-0.05, 0) is 26.3 Å². The number of hydrogen-bond acceptors (Lipinski definition) is 5. The number of carbonyl (C=O) groups is 1. The number of anilines is 1. The third kappa shape index (κ3) is 4.52. The quantitative estimate of drug-likeness (QED) is 0.777. The van der Waals surface area contributed by atoms with E-state index < -0.39 is 0 Å². The third-order valence-electron chi connectivity index (χ3n) is 5.13. The average Bonchev–Trinajstić information content (AvgIpc) is 2.68. The second kappa shape index (κ2) is 8.55. The van der Waals surface area contributed by atoms with Gasteiger partial charge in [-0.25, -0.2) is 9.59 Å². The van der Waals surface area contributed by atoms with Gasteiger partial charge in [0.15, 0.2) is 0 Å². The van der Waals surface area contributed by atoms with Crippen molar-refractivity contribution in [3.05, 3.63) is 61.8 Å². The smallest absolute Gasteiger partial charge is 0.409 e. The molecule has 1 fully saturated rings. The molecule has 0 atom stereocenters. The van der Waals surface area contributed by atoms with Crippen LogP contribution >= 0.6 is 0 Å². The van der Waals surface area contributed by atoms with Gasteiger partial charge in [-0.15, -0.1) is 0 Å². The minimum Gasteiger partial charge on any atom is -0.450 e. The molecule has 1 aliphatic rings. The Balaban J connectivity index is 1.92. The van der Waals surface area contributed by atoms with Gasteiger partial charge in [0.05, 0.1) is 13.2 Å². The molecule has 1 aliphatic heterocycles. The zero-order valence-corrected chi connectivity index (χ0v) is 17.5. The molecule has 1 amide bonds. The number of ether oxygens (including phenoxy) is 1. The first kappa shape index (κ1) is 20.7. The lowest BCUT2D eigenvalue weighted by molar-refractivity contribution is 0.105. The molecule has 0 radical (unpaired) electrons. The third-order valence-corrected chi connectivity index (χ3v) is 5.13. The number of amides is 1. The first-order chi connectivity index (χ1) is 13.8. The fraction of sp³-hybridized carbons (Fsp3) is 0.476. The number of rotatable bonds is 4. The summed E-state index contributed by atoms with van der Waals surface area (Å²) in [6.45, 7) is 8.55. The Bertz CT molecular complexity index is 996. The highest BCUT2D eigenvalue weighted by Crippen LogP contribution is 2.17. The topological polar surface area (TPSA) is 76.8 Å². The van der Waals surface area contributed by atoms with Gasteiger partial charge in [0.2, 0.25) is 0 Å². The maximum absolute atomic E-state index is 12.9. The summed E-state index contributed by atoms with van der Waals surface area (Å²) >= 11 is 0. The fourth-order valence-corrected chi connectivity index (χ4v) is 3.74. The molecule has 8 nitrogen and oxygen atoms in total. The predicted octanol–water partition coefficient (Wildman–Crippen LogP) is 1.49. The minimum atomic E-state index is -0.348. The molecule has 2 aromatic rings. The van der Waals surface area contributed by atoms with E-state index in [-0.39, 0.29) is 17.3 Å². The van der Waals surface area contributed by atoms with Gasteiger partial charge in [-0.1, -0.05) is 29.3 Å². The maximum Gasteiger partial charge on any atom is 0.409 e. The van der Waals surface area contributed by atoms with E-state index in [9.17, 15) is 14.4 Å².